The summed E-state index contributed by atoms with van der Waals surface area (Å²) in [5.41, 5.74) is 0.391. The number of aromatic nitrogens is 1. The SMILES string of the molecule is C[C@@H]1CN(C(=NC#N)c2cc(Cl)c(-c3ccccc3F)nc2NCC(C)(C)C)[C@@H](C)CN1C(=O)OC(C)(C)C. The van der Waals surface area contributed by atoms with E-state index in [9.17, 15) is 14.4 Å². The molecule has 2 atom stereocenters. The summed E-state index contributed by atoms with van der Waals surface area (Å²) in [6.45, 7) is 17.0. The number of hydrogen-bond acceptors (Lipinski definition) is 6. The molecule has 1 aliphatic rings. The van der Waals surface area contributed by atoms with Crippen molar-refractivity contribution in [3.63, 3.8) is 0 Å². The van der Waals surface area contributed by atoms with Gasteiger partial charge in [0, 0.05) is 37.3 Å². The van der Waals surface area contributed by atoms with Crippen LogP contribution in [0.5, 0.6) is 0 Å². The van der Waals surface area contributed by atoms with Crippen LogP contribution in [0.4, 0.5) is 15.0 Å². The zero-order chi connectivity index (χ0) is 29.1. The molecular weight excluding hydrogens is 519 g/mol. The van der Waals surface area contributed by atoms with Crippen molar-refractivity contribution in [3.05, 3.63) is 46.7 Å². The second-order valence-corrected chi connectivity index (χ2v) is 12.5. The molecule has 1 amide bonds. The van der Waals surface area contributed by atoms with Gasteiger partial charge in [-0.05, 0) is 58.2 Å². The van der Waals surface area contributed by atoms with Crippen LogP contribution in [0.15, 0.2) is 35.3 Å². The first kappa shape index (κ1) is 30.2. The van der Waals surface area contributed by atoms with Crippen molar-refractivity contribution in [1.82, 2.24) is 14.8 Å². The molecule has 1 fully saturated rings. The number of halogens is 2. The van der Waals surface area contributed by atoms with Crippen molar-refractivity contribution in [1.29, 1.82) is 5.26 Å². The molecule has 0 unspecified atom stereocenters. The number of nitrogens with zero attached hydrogens (tertiary/aromatic N) is 5. The average Bonchev–Trinajstić information content (AvgIpc) is 2.82. The molecule has 2 aromatic rings. The Bertz CT molecular complexity index is 1280. The molecule has 0 bridgehead atoms. The van der Waals surface area contributed by atoms with Gasteiger partial charge in [0.15, 0.2) is 5.84 Å². The Hall–Kier alpha value is -3.38. The van der Waals surface area contributed by atoms with Crippen molar-refractivity contribution >= 4 is 29.3 Å². The Labute approximate surface area is 235 Å². The molecule has 39 heavy (non-hydrogen) atoms. The van der Waals surface area contributed by atoms with E-state index in [2.05, 4.69) is 31.1 Å². The van der Waals surface area contributed by atoms with Crippen LogP contribution in [0.3, 0.4) is 0 Å². The number of ether oxygens (including phenoxy) is 1. The summed E-state index contributed by atoms with van der Waals surface area (Å²) < 4.78 is 20.3. The van der Waals surface area contributed by atoms with Crippen LogP contribution in [0.25, 0.3) is 11.3 Å². The predicted octanol–water partition coefficient (Wildman–Crippen LogP) is 6.56. The summed E-state index contributed by atoms with van der Waals surface area (Å²) in [6.07, 6.45) is 1.54. The average molecular weight is 557 g/mol. The van der Waals surface area contributed by atoms with Crippen LogP contribution < -0.4 is 5.32 Å². The molecule has 210 valence electrons. The summed E-state index contributed by atoms with van der Waals surface area (Å²) in [7, 11) is 0. The molecule has 3 rings (SSSR count). The Morgan fingerprint density at radius 2 is 1.79 bits per heavy atom. The molecule has 8 nitrogen and oxygen atoms in total. The fourth-order valence-corrected chi connectivity index (χ4v) is 4.56. The molecule has 1 aromatic carbocycles. The molecule has 0 spiro atoms. The van der Waals surface area contributed by atoms with Crippen LogP contribution >= 0.6 is 11.6 Å². The van der Waals surface area contributed by atoms with E-state index < -0.39 is 11.4 Å². The third kappa shape index (κ3) is 7.60. The summed E-state index contributed by atoms with van der Waals surface area (Å²) in [5, 5.41) is 13.3. The van der Waals surface area contributed by atoms with Crippen LogP contribution in [-0.4, -0.2) is 64.0 Å². The quantitative estimate of drug-likeness (QED) is 0.260. The number of aliphatic imine (C=N–C) groups is 1. The fraction of sp³-hybridized carbons (Fsp3) is 0.517. The van der Waals surface area contributed by atoms with Crippen molar-refractivity contribution in [3.8, 4) is 17.5 Å². The molecule has 0 radical (unpaired) electrons. The van der Waals surface area contributed by atoms with Gasteiger partial charge in [0.2, 0.25) is 6.19 Å². The Balaban J connectivity index is 2.06. The van der Waals surface area contributed by atoms with Gasteiger partial charge < -0.3 is 19.9 Å². The molecule has 10 heteroatoms. The van der Waals surface area contributed by atoms with E-state index in [0.29, 0.717) is 42.5 Å². The summed E-state index contributed by atoms with van der Waals surface area (Å²) in [6, 6.07) is 7.59. The molecule has 1 aromatic heterocycles. The Morgan fingerprint density at radius 1 is 1.18 bits per heavy atom. The lowest BCUT2D eigenvalue weighted by Crippen LogP contribution is -2.60. The minimum Gasteiger partial charge on any atom is -0.444 e. The summed E-state index contributed by atoms with van der Waals surface area (Å²) in [5.74, 6) is 0.385. The highest BCUT2D eigenvalue weighted by Crippen LogP contribution is 2.34. The lowest BCUT2D eigenvalue weighted by Gasteiger charge is -2.45. The van der Waals surface area contributed by atoms with Crippen molar-refractivity contribution in [2.45, 2.75) is 73.1 Å². The van der Waals surface area contributed by atoms with E-state index in [4.69, 9.17) is 21.3 Å². The maximum atomic E-state index is 14.7. The maximum Gasteiger partial charge on any atom is 0.410 e. The first-order chi connectivity index (χ1) is 18.1. The number of amides is 1. The lowest BCUT2D eigenvalue weighted by atomic mass is 9.97. The number of amidine groups is 1. The molecular formula is C29H38ClFN6O2. The molecule has 1 aliphatic heterocycles. The van der Waals surface area contributed by atoms with Gasteiger partial charge in [-0.1, -0.05) is 44.5 Å². The van der Waals surface area contributed by atoms with E-state index in [0.717, 1.165) is 0 Å². The fourth-order valence-electron chi connectivity index (χ4n) is 4.31. The predicted molar refractivity (Wildman–Crippen MR) is 153 cm³/mol. The van der Waals surface area contributed by atoms with Gasteiger partial charge >= 0.3 is 6.09 Å². The molecule has 2 heterocycles. The van der Waals surface area contributed by atoms with Gasteiger partial charge in [0.25, 0.3) is 0 Å². The first-order valence-electron chi connectivity index (χ1n) is 13.0. The maximum absolute atomic E-state index is 14.7. The smallest absolute Gasteiger partial charge is 0.410 e. The molecule has 0 saturated carbocycles. The number of piperazine rings is 1. The van der Waals surface area contributed by atoms with E-state index >= 15 is 0 Å². The van der Waals surface area contributed by atoms with Crippen molar-refractivity contribution < 1.29 is 13.9 Å². The number of anilines is 1. The normalized spacial score (nSPS) is 18.5. The minimum atomic E-state index is -0.610. The molecule has 1 N–H and O–H groups in total. The zero-order valence-corrected chi connectivity index (χ0v) is 24.7. The van der Waals surface area contributed by atoms with Gasteiger partial charge in [-0.2, -0.15) is 10.3 Å². The van der Waals surface area contributed by atoms with Crippen LogP contribution in [0, 0.1) is 22.7 Å². The van der Waals surface area contributed by atoms with Crippen LogP contribution in [-0.2, 0) is 4.74 Å². The van der Waals surface area contributed by atoms with Gasteiger partial charge in [-0.25, -0.2) is 14.2 Å². The summed E-state index contributed by atoms with van der Waals surface area (Å²) in [4.78, 5) is 25.5. The van der Waals surface area contributed by atoms with Gasteiger partial charge in [-0.3, -0.25) is 0 Å². The monoisotopic (exact) mass is 556 g/mol. The number of nitrogens with one attached hydrogen (secondary N) is 1. The van der Waals surface area contributed by atoms with Crippen LogP contribution in [0.1, 0.15) is 61.0 Å². The highest BCUT2D eigenvalue weighted by molar-refractivity contribution is 6.33. The molecule has 0 aliphatic carbocycles. The third-order valence-corrected chi connectivity index (χ3v) is 6.46. The van der Waals surface area contributed by atoms with E-state index in [1.165, 1.54) is 6.07 Å². The van der Waals surface area contributed by atoms with E-state index in [1.54, 1.807) is 29.2 Å². The van der Waals surface area contributed by atoms with E-state index in [1.807, 2.05) is 45.7 Å². The number of nitriles is 1. The topological polar surface area (TPSA) is 93.9 Å². The standard InChI is InChI=1S/C29H38ClFN6O2/c1-18-15-37(27(38)39-29(6,7)8)19(2)14-36(18)26(34-17-32)21-13-22(30)24(20-11-9-10-12-23(20)31)35-25(21)33-16-28(3,4)5/h9-13,18-19H,14-16H2,1-8H3,(H,33,35)/t18-,19+/m0/s1. The van der Waals surface area contributed by atoms with Gasteiger partial charge in [0.05, 0.1) is 16.3 Å². The van der Waals surface area contributed by atoms with Crippen LogP contribution in [0.2, 0.25) is 5.02 Å². The number of hydrogen-bond donors (Lipinski definition) is 1. The highest BCUT2D eigenvalue weighted by Gasteiger charge is 2.37. The number of rotatable bonds is 4. The minimum absolute atomic E-state index is 0.0931. The Morgan fingerprint density at radius 3 is 2.38 bits per heavy atom. The largest absolute Gasteiger partial charge is 0.444 e. The number of benzene rings is 1. The molecule has 1 saturated heterocycles. The second kappa shape index (κ2) is 11.8. The number of carbonyl (C=O) groups is 1. The van der Waals surface area contributed by atoms with Crippen molar-refractivity contribution in [2.75, 3.05) is 25.0 Å². The third-order valence-electron chi connectivity index (χ3n) is 6.17. The summed E-state index contributed by atoms with van der Waals surface area (Å²) >= 11 is 6.69. The number of carbonyl (C=O) groups excluding carboxylic acids is 1. The first-order valence-corrected chi connectivity index (χ1v) is 13.4. The number of pyridine rings is 1. The van der Waals surface area contributed by atoms with E-state index in [-0.39, 0.29) is 34.2 Å². The van der Waals surface area contributed by atoms with Gasteiger partial charge in [0.1, 0.15) is 17.2 Å². The van der Waals surface area contributed by atoms with Gasteiger partial charge in [-0.15, -0.1) is 0 Å². The Kier molecular flexibility index (Phi) is 9.12. The second-order valence-electron chi connectivity index (χ2n) is 12.1. The van der Waals surface area contributed by atoms with Crippen molar-refractivity contribution in [2.24, 2.45) is 10.4 Å². The zero-order valence-electron chi connectivity index (χ0n) is 24.0. The lowest BCUT2D eigenvalue weighted by molar-refractivity contribution is 0.000510. The highest BCUT2D eigenvalue weighted by atomic mass is 35.5.